The molecule has 0 radical (unpaired) electrons. The van der Waals surface area contributed by atoms with Crippen molar-refractivity contribution in [1.29, 1.82) is 0 Å². The molecule has 1 aromatic heterocycles. The minimum atomic E-state index is -0.839. The van der Waals surface area contributed by atoms with E-state index < -0.39 is 11.9 Å². The van der Waals surface area contributed by atoms with Crippen molar-refractivity contribution in [2.75, 3.05) is 6.54 Å². The third-order valence-corrected chi connectivity index (χ3v) is 1.92. The fourth-order valence-electron chi connectivity index (χ4n) is 1.22. The molecule has 0 aromatic carbocycles. The van der Waals surface area contributed by atoms with Gasteiger partial charge in [0, 0.05) is 25.0 Å². The number of primary amides is 1. The fourth-order valence-corrected chi connectivity index (χ4v) is 1.22. The maximum atomic E-state index is 11.1. The van der Waals surface area contributed by atoms with Crippen molar-refractivity contribution in [1.82, 2.24) is 20.2 Å². The van der Waals surface area contributed by atoms with Gasteiger partial charge in [0.1, 0.15) is 0 Å². The van der Waals surface area contributed by atoms with Gasteiger partial charge in [-0.15, -0.1) is 0 Å². The van der Waals surface area contributed by atoms with Crippen LogP contribution in [-0.4, -0.2) is 34.1 Å². The molecule has 88 valence electrons. The predicted molar refractivity (Wildman–Crippen MR) is 57.4 cm³/mol. The molecule has 1 heterocycles. The number of imidazole rings is 1. The van der Waals surface area contributed by atoms with E-state index in [4.69, 9.17) is 5.73 Å². The van der Waals surface area contributed by atoms with E-state index in [1.807, 2.05) is 23.0 Å². The molecule has 1 aromatic rings. The van der Waals surface area contributed by atoms with Gasteiger partial charge in [0.25, 0.3) is 0 Å². The van der Waals surface area contributed by atoms with E-state index in [-0.39, 0.29) is 12.6 Å². The Morgan fingerprint density at radius 2 is 2.31 bits per heavy atom. The number of carbonyl (C=O) groups is 2. The highest BCUT2D eigenvalue weighted by atomic mass is 16.2. The Morgan fingerprint density at radius 1 is 1.56 bits per heavy atom. The first kappa shape index (κ1) is 12.2. The Bertz CT molecular complexity index is 349. The van der Waals surface area contributed by atoms with Crippen LogP contribution in [0.4, 0.5) is 4.79 Å². The SMILES string of the molecule is CC(Cn1ccnc1)NCC(=O)NC(N)=O. The molecule has 0 bridgehead atoms. The summed E-state index contributed by atoms with van der Waals surface area (Å²) >= 11 is 0. The van der Waals surface area contributed by atoms with Crippen LogP contribution in [0.3, 0.4) is 0 Å². The van der Waals surface area contributed by atoms with E-state index in [2.05, 4.69) is 10.3 Å². The Kier molecular flexibility index (Phi) is 4.46. The number of nitrogens with two attached hydrogens (primary N) is 1. The van der Waals surface area contributed by atoms with E-state index in [1.165, 1.54) is 0 Å². The van der Waals surface area contributed by atoms with E-state index in [1.54, 1.807) is 12.5 Å². The zero-order chi connectivity index (χ0) is 12.0. The van der Waals surface area contributed by atoms with Crippen LogP contribution in [0.25, 0.3) is 0 Å². The third-order valence-electron chi connectivity index (χ3n) is 1.92. The molecule has 3 amide bonds. The Labute approximate surface area is 93.0 Å². The van der Waals surface area contributed by atoms with Gasteiger partial charge in [0.05, 0.1) is 12.9 Å². The first-order valence-electron chi connectivity index (χ1n) is 4.86. The van der Waals surface area contributed by atoms with Gasteiger partial charge >= 0.3 is 6.03 Å². The Morgan fingerprint density at radius 3 is 2.88 bits per heavy atom. The van der Waals surface area contributed by atoms with Crippen LogP contribution >= 0.6 is 0 Å². The fraction of sp³-hybridized carbons (Fsp3) is 0.444. The molecule has 7 nitrogen and oxygen atoms in total. The monoisotopic (exact) mass is 225 g/mol. The average molecular weight is 225 g/mol. The molecule has 0 aliphatic carbocycles. The molecule has 0 spiro atoms. The van der Waals surface area contributed by atoms with Crippen molar-refractivity contribution in [3.63, 3.8) is 0 Å². The standard InChI is InChI=1S/C9H15N5O2/c1-7(5-14-3-2-11-6-14)12-4-8(15)13-9(10)16/h2-3,6-7,12H,4-5H2,1H3,(H3,10,13,15,16). The third kappa shape index (κ3) is 4.56. The zero-order valence-electron chi connectivity index (χ0n) is 9.01. The van der Waals surface area contributed by atoms with E-state index >= 15 is 0 Å². The summed E-state index contributed by atoms with van der Waals surface area (Å²) in [5.74, 6) is -0.440. The van der Waals surface area contributed by atoms with Gasteiger partial charge in [-0.05, 0) is 6.92 Å². The quantitative estimate of drug-likeness (QED) is 0.601. The summed E-state index contributed by atoms with van der Waals surface area (Å²) in [6.07, 6.45) is 5.22. The van der Waals surface area contributed by atoms with Crippen molar-refractivity contribution >= 4 is 11.9 Å². The van der Waals surface area contributed by atoms with E-state index in [0.717, 1.165) is 0 Å². The molecule has 7 heteroatoms. The number of urea groups is 1. The summed E-state index contributed by atoms with van der Waals surface area (Å²) in [5, 5.41) is 4.93. The van der Waals surface area contributed by atoms with Crippen molar-refractivity contribution in [2.24, 2.45) is 5.73 Å². The van der Waals surface area contributed by atoms with Crippen LogP contribution in [0.2, 0.25) is 0 Å². The highest BCUT2D eigenvalue weighted by Gasteiger charge is 2.07. The lowest BCUT2D eigenvalue weighted by Crippen LogP contribution is -2.43. The molecule has 0 aliphatic heterocycles. The van der Waals surface area contributed by atoms with Crippen LogP contribution in [-0.2, 0) is 11.3 Å². The summed E-state index contributed by atoms with van der Waals surface area (Å²) in [6, 6.07) is -0.748. The number of hydrogen-bond donors (Lipinski definition) is 3. The molecule has 1 unspecified atom stereocenters. The van der Waals surface area contributed by atoms with Crippen molar-refractivity contribution in [2.45, 2.75) is 19.5 Å². The molecule has 0 saturated carbocycles. The highest BCUT2D eigenvalue weighted by Crippen LogP contribution is 1.90. The van der Waals surface area contributed by atoms with Gasteiger partial charge in [0.2, 0.25) is 5.91 Å². The maximum absolute atomic E-state index is 11.1. The number of nitrogens with zero attached hydrogens (tertiary/aromatic N) is 2. The highest BCUT2D eigenvalue weighted by molar-refractivity contribution is 5.94. The van der Waals surface area contributed by atoms with Gasteiger partial charge in [-0.3, -0.25) is 10.1 Å². The summed E-state index contributed by atoms with van der Waals surface area (Å²) in [5.41, 5.74) is 4.80. The van der Waals surface area contributed by atoms with Gasteiger partial charge in [0.15, 0.2) is 0 Å². The average Bonchev–Trinajstić information content (AvgIpc) is 2.66. The second kappa shape index (κ2) is 5.86. The summed E-state index contributed by atoms with van der Waals surface area (Å²) in [4.78, 5) is 25.3. The van der Waals surface area contributed by atoms with E-state index in [0.29, 0.717) is 6.54 Å². The normalized spacial score (nSPS) is 12.1. The molecule has 1 rings (SSSR count). The number of imide groups is 1. The van der Waals surface area contributed by atoms with Gasteiger partial charge in [-0.25, -0.2) is 9.78 Å². The van der Waals surface area contributed by atoms with Crippen LogP contribution in [0.5, 0.6) is 0 Å². The van der Waals surface area contributed by atoms with Crippen molar-refractivity contribution < 1.29 is 9.59 Å². The second-order valence-corrected chi connectivity index (χ2v) is 3.45. The lowest BCUT2D eigenvalue weighted by molar-refractivity contribution is -0.119. The van der Waals surface area contributed by atoms with Crippen LogP contribution in [0.1, 0.15) is 6.92 Å². The maximum Gasteiger partial charge on any atom is 0.318 e. The largest absolute Gasteiger partial charge is 0.351 e. The van der Waals surface area contributed by atoms with E-state index in [9.17, 15) is 9.59 Å². The molecule has 0 fully saturated rings. The zero-order valence-corrected chi connectivity index (χ0v) is 9.01. The first-order chi connectivity index (χ1) is 7.58. The number of hydrogen-bond acceptors (Lipinski definition) is 4. The summed E-state index contributed by atoms with van der Waals surface area (Å²) in [6.45, 7) is 2.68. The number of carbonyl (C=O) groups excluding carboxylic acids is 2. The minimum Gasteiger partial charge on any atom is -0.351 e. The number of nitrogens with one attached hydrogen (secondary N) is 2. The molecule has 0 saturated heterocycles. The number of rotatable bonds is 5. The lowest BCUT2D eigenvalue weighted by Gasteiger charge is -2.13. The van der Waals surface area contributed by atoms with Crippen LogP contribution in [0, 0.1) is 0 Å². The molecule has 1 atom stereocenters. The van der Waals surface area contributed by atoms with Gasteiger partial charge < -0.3 is 15.6 Å². The molecule has 0 aliphatic rings. The molecule has 16 heavy (non-hydrogen) atoms. The van der Waals surface area contributed by atoms with Gasteiger partial charge in [-0.1, -0.05) is 0 Å². The van der Waals surface area contributed by atoms with Crippen molar-refractivity contribution in [3.8, 4) is 0 Å². The minimum absolute atomic E-state index is 0.0544. The summed E-state index contributed by atoms with van der Waals surface area (Å²) in [7, 11) is 0. The molecular weight excluding hydrogens is 210 g/mol. The summed E-state index contributed by atoms with van der Waals surface area (Å²) < 4.78 is 1.89. The van der Waals surface area contributed by atoms with Crippen LogP contribution in [0.15, 0.2) is 18.7 Å². The number of amides is 3. The second-order valence-electron chi connectivity index (χ2n) is 3.45. The van der Waals surface area contributed by atoms with Crippen molar-refractivity contribution in [3.05, 3.63) is 18.7 Å². The first-order valence-corrected chi connectivity index (χ1v) is 4.86. The Balaban J connectivity index is 2.22. The number of aromatic nitrogens is 2. The Hall–Kier alpha value is -1.89. The topological polar surface area (TPSA) is 102 Å². The lowest BCUT2D eigenvalue weighted by atomic mass is 10.3. The smallest absolute Gasteiger partial charge is 0.318 e. The predicted octanol–water partition coefficient (Wildman–Crippen LogP) is -0.944. The van der Waals surface area contributed by atoms with Crippen LogP contribution < -0.4 is 16.4 Å². The van der Waals surface area contributed by atoms with Gasteiger partial charge in [-0.2, -0.15) is 0 Å². The molecular formula is C9H15N5O2. The molecule has 4 N–H and O–H groups in total.